The molecule has 0 saturated carbocycles. The molecule has 2 aromatic heterocycles. The van der Waals surface area contributed by atoms with Crippen LogP contribution in [-0.4, -0.2) is 19.7 Å². The van der Waals surface area contributed by atoms with E-state index in [1.165, 1.54) is 5.56 Å². The van der Waals surface area contributed by atoms with Crippen molar-refractivity contribution in [2.75, 3.05) is 0 Å². The lowest BCUT2D eigenvalue weighted by Gasteiger charge is -2.10. The van der Waals surface area contributed by atoms with Gasteiger partial charge in [0, 0.05) is 23.2 Å². The molecule has 0 aliphatic carbocycles. The Hall–Kier alpha value is -2.01. The van der Waals surface area contributed by atoms with E-state index in [1.54, 1.807) is 0 Å². The summed E-state index contributed by atoms with van der Waals surface area (Å²) < 4.78 is 2.67. The average Bonchev–Trinajstić information content (AvgIpc) is 2.86. The second kappa shape index (κ2) is 5.41. The van der Waals surface area contributed by atoms with Crippen molar-refractivity contribution >= 4 is 23.1 Å². The minimum atomic E-state index is 0.654. The molecule has 5 heteroatoms. The van der Waals surface area contributed by atoms with Gasteiger partial charge in [-0.05, 0) is 56.2 Å². The van der Waals surface area contributed by atoms with E-state index >= 15 is 0 Å². The van der Waals surface area contributed by atoms with Crippen molar-refractivity contribution in [2.45, 2.75) is 33.7 Å². The Bertz CT molecular complexity index is 860. The van der Waals surface area contributed by atoms with E-state index in [4.69, 9.17) is 12.2 Å². The van der Waals surface area contributed by atoms with Crippen LogP contribution < -0.4 is 0 Å². The Labute approximate surface area is 128 Å². The number of hydrogen-bond acceptors (Lipinski definition) is 3. The smallest absolute Gasteiger partial charge is 0.195 e. The van der Waals surface area contributed by atoms with Gasteiger partial charge in [-0.2, -0.15) is 5.10 Å². The molecule has 1 aromatic carbocycles. The molecule has 0 fully saturated rings. The van der Waals surface area contributed by atoms with Gasteiger partial charge in [-0.1, -0.05) is 13.0 Å². The largest absolute Gasteiger partial charge is 0.300 e. The lowest BCUT2D eigenvalue weighted by Crippen LogP contribution is -1.99. The first-order valence-electron chi connectivity index (χ1n) is 7.20. The van der Waals surface area contributed by atoms with Crippen LogP contribution in [0, 0.1) is 11.7 Å². The molecule has 4 nitrogen and oxygen atoms in total. The van der Waals surface area contributed by atoms with Crippen molar-refractivity contribution in [3.05, 3.63) is 40.3 Å². The predicted molar refractivity (Wildman–Crippen MR) is 87.9 cm³/mol. The molecule has 3 rings (SSSR count). The number of H-pyrrole nitrogens is 1. The zero-order valence-electron chi connectivity index (χ0n) is 12.5. The maximum absolute atomic E-state index is 5.31. The highest BCUT2D eigenvalue weighted by Gasteiger charge is 2.13. The first kappa shape index (κ1) is 13.9. The average molecular weight is 298 g/mol. The van der Waals surface area contributed by atoms with Crippen molar-refractivity contribution < 1.29 is 0 Å². The van der Waals surface area contributed by atoms with Crippen LogP contribution in [0.15, 0.2) is 24.3 Å². The van der Waals surface area contributed by atoms with Crippen molar-refractivity contribution in [1.82, 2.24) is 19.7 Å². The molecule has 0 atom stereocenters. The summed E-state index contributed by atoms with van der Waals surface area (Å²) in [4.78, 5) is 4.63. The highest BCUT2D eigenvalue weighted by molar-refractivity contribution is 7.71. The third-order valence-electron chi connectivity index (χ3n) is 3.72. The van der Waals surface area contributed by atoms with Crippen molar-refractivity contribution in [1.29, 1.82) is 0 Å². The molecule has 0 spiro atoms. The zero-order chi connectivity index (χ0) is 15.0. The lowest BCUT2D eigenvalue weighted by molar-refractivity contribution is 0.756. The van der Waals surface area contributed by atoms with E-state index in [-0.39, 0.29) is 0 Å². The quantitative estimate of drug-likeness (QED) is 0.742. The highest BCUT2D eigenvalue weighted by atomic mass is 32.1. The predicted octanol–water partition coefficient (Wildman–Crippen LogP) is 4.05. The summed E-state index contributed by atoms with van der Waals surface area (Å²) in [5.41, 5.74) is 4.37. The normalized spacial score (nSPS) is 11.2. The van der Waals surface area contributed by atoms with Crippen LogP contribution in [0.2, 0.25) is 0 Å². The van der Waals surface area contributed by atoms with Gasteiger partial charge >= 0.3 is 0 Å². The van der Waals surface area contributed by atoms with Gasteiger partial charge in [0.25, 0.3) is 0 Å². The fourth-order valence-corrected chi connectivity index (χ4v) is 2.89. The molecule has 0 radical (unpaired) electrons. The van der Waals surface area contributed by atoms with E-state index in [0.717, 1.165) is 41.0 Å². The maximum atomic E-state index is 5.31. The topological polar surface area (TPSA) is 46.5 Å². The molecule has 3 aromatic rings. The first-order chi connectivity index (χ1) is 10.1. The summed E-state index contributed by atoms with van der Waals surface area (Å²) >= 11 is 5.31. The number of aromatic nitrogens is 4. The maximum Gasteiger partial charge on any atom is 0.195 e. The summed E-state index contributed by atoms with van der Waals surface area (Å²) in [6, 6.07) is 8.51. The molecule has 2 heterocycles. The van der Waals surface area contributed by atoms with Crippen LogP contribution in [0.1, 0.15) is 25.1 Å². The number of nitrogens with zero attached hydrogens (tertiary/aromatic N) is 3. The number of nitrogens with one attached hydrogen (secondary N) is 1. The Morgan fingerprint density at radius 3 is 2.76 bits per heavy atom. The van der Waals surface area contributed by atoms with E-state index < -0.39 is 0 Å². The Morgan fingerprint density at radius 1 is 1.24 bits per heavy atom. The van der Waals surface area contributed by atoms with Crippen molar-refractivity contribution in [3.63, 3.8) is 0 Å². The van der Waals surface area contributed by atoms with Gasteiger partial charge in [0.2, 0.25) is 0 Å². The third-order valence-corrected chi connectivity index (χ3v) is 4.04. The molecule has 0 unspecified atom stereocenters. The molecule has 0 aliphatic rings. The van der Waals surface area contributed by atoms with E-state index in [2.05, 4.69) is 53.3 Å². The van der Waals surface area contributed by atoms with Gasteiger partial charge < -0.3 is 4.57 Å². The fourth-order valence-electron chi connectivity index (χ4n) is 2.63. The van der Waals surface area contributed by atoms with Crippen LogP contribution in [0.5, 0.6) is 0 Å². The van der Waals surface area contributed by atoms with Gasteiger partial charge in [-0.15, -0.1) is 0 Å². The molecular formula is C16H18N4S. The van der Waals surface area contributed by atoms with Crippen LogP contribution >= 0.6 is 12.2 Å². The number of fused-ring (bicyclic) bond motifs is 1. The number of aryl methyl sites for hydroxylation is 2. The second-order valence-corrected chi connectivity index (χ2v) is 5.50. The Morgan fingerprint density at radius 2 is 2.05 bits per heavy atom. The van der Waals surface area contributed by atoms with Gasteiger partial charge in [-0.3, -0.25) is 10.1 Å². The molecule has 108 valence electrons. The SMILES string of the molecule is CCc1ccc2nc(C)cc(-c3n[nH]c(=S)n3CC)c2c1. The number of benzene rings is 1. The number of pyridine rings is 1. The summed E-state index contributed by atoms with van der Waals surface area (Å²) in [6.07, 6.45) is 1.00. The zero-order valence-corrected chi connectivity index (χ0v) is 13.3. The third kappa shape index (κ3) is 2.38. The number of aromatic amines is 1. The number of hydrogen-bond donors (Lipinski definition) is 1. The molecular weight excluding hydrogens is 280 g/mol. The van der Waals surface area contributed by atoms with Gasteiger partial charge in [0.05, 0.1) is 5.52 Å². The van der Waals surface area contributed by atoms with Crippen LogP contribution in [0.25, 0.3) is 22.3 Å². The first-order valence-corrected chi connectivity index (χ1v) is 7.60. The monoisotopic (exact) mass is 298 g/mol. The Kier molecular flexibility index (Phi) is 3.59. The van der Waals surface area contributed by atoms with Crippen molar-refractivity contribution in [2.24, 2.45) is 0 Å². The van der Waals surface area contributed by atoms with E-state index in [9.17, 15) is 0 Å². The molecule has 1 N–H and O–H groups in total. The standard InChI is InChI=1S/C16H18N4S/c1-4-11-6-7-14-12(9-11)13(8-10(3)17-14)15-18-19-16(21)20(15)5-2/h6-9H,4-5H2,1-3H3,(H,19,21). The minimum Gasteiger partial charge on any atom is -0.300 e. The number of rotatable bonds is 3. The highest BCUT2D eigenvalue weighted by Crippen LogP contribution is 2.28. The van der Waals surface area contributed by atoms with Gasteiger partial charge in [0.15, 0.2) is 10.6 Å². The molecule has 0 bridgehead atoms. The van der Waals surface area contributed by atoms with Crippen LogP contribution in [0.4, 0.5) is 0 Å². The van der Waals surface area contributed by atoms with Crippen LogP contribution in [0.3, 0.4) is 0 Å². The minimum absolute atomic E-state index is 0.654. The second-order valence-electron chi connectivity index (χ2n) is 5.11. The van der Waals surface area contributed by atoms with Gasteiger partial charge in [-0.25, -0.2) is 0 Å². The van der Waals surface area contributed by atoms with Gasteiger partial charge in [0.1, 0.15) is 0 Å². The summed E-state index contributed by atoms with van der Waals surface area (Å²) in [5, 5.41) is 8.44. The van der Waals surface area contributed by atoms with Crippen molar-refractivity contribution in [3.8, 4) is 11.4 Å². The lowest BCUT2D eigenvalue weighted by atomic mass is 10.0. The molecule has 21 heavy (non-hydrogen) atoms. The fraction of sp³-hybridized carbons (Fsp3) is 0.312. The Balaban J connectivity index is 2.37. The molecule has 0 amide bonds. The summed E-state index contributed by atoms with van der Waals surface area (Å²) in [5.74, 6) is 0.881. The molecule has 0 saturated heterocycles. The van der Waals surface area contributed by atoms with E-state index in [1.807, 2.05) is 11.5 Å². The summed E-state index contributed by atoms with van der Waals surface area (Å²) in [7, 11) is 0. The van der Waals surface area contributed by atoms with E-state index in [0.29, 0.717) is 4.77 Å². The summed E-state index contributed by atoms with van der Waals surface area (Å²) in [6.45, 7) is 7.03. The van der Waals surface area contributed by atoms with Crippen LogP contribution in [-0.2, 0) is 13.0 Å². The molecule has 0 aliphatic heterocycles.